The van der Waals surface area contributed by atoms with Crippen molar-refractivity contribution in [2.45, 2.75) is 0 Å². The third kappa shape index (κ3) is 11.2. The first-order chi connectivity index (χ1) is 1.41. The summed E-state index contributed by atoms with van der Waals surface area (Å²) >= 11 is 0. The van der Waals surface area contributed by atoms with Crippen molar-refractivity contribution >= 4 is 0 Å². The van der Waals surface area contributed by atoms with Crippen LogP contribution in [0.1, 0.15) is 0 Å². The quantitative estimate of drug-likeness (QED) is 0.203. The predicted molar refractivity (Wildman–Crippen MR) is 10.1 cm³/mol. The zero-order chi connectivity index (χ0) is 2.71. The molecule has 0 radical (unpaired) electrons. The van der Waals surface area contributed by atoms with Gasteiger partial charge < -0.3 is 11.1 Å². The minimum absolute atomic E-state index is 0. The fourth-order valence-electron chi connectivity index (χ4n) is 0. The molecule has 0 bridgehead atoms. The average Bonchev–Trinajstić information content (AvgIpc) is 0.918. The van der Waals surface area contributed by atoms with Gasteiger partial charge in [-0.1, -0.05) is 0 Å². The van der Waals surface area contributed by atoms with Gasteiger partial charge in [-0.2, -0.15) is 0 Å². The van der Waals surface area contributed by atoms with Crippen LogP contribution in [0.2, 0.25) is 0 Å². The van der Waals surface area contributed by atoms with Crippen LogP contribution in [0, 0.1) is 0 Å². The summed E-state index contributed by atoms with van der Waals surface area (Å²) in [5, 5.41) is 0. The Balaban J connectivity index is 0. The Morgan fingerprint density at radius 1 is 1.25 bits per heavy atom. The molecule has 3 nitrogen and oxygen atoms in total. The van der Waals surface area contributed by atoms with E-state index in [1.807, 2.05) is 0 Å². The summed E-state index contributed by atoms with van der Waals surface area (Å²) in [6.07, 6.45) is 0. The Labute approximate surface area is 72.6 Å². The van der Waals surface area contributed by atoms with E-state index in [1.165, 1.54) is 4.91 Å². The molecule has 0 aromatic rings. The van der Waals surface area contributed by atoms with Crippen molar-refractivity contribution < 1.29 is 58.2 Å². The summed E-state index contributed by atoms with van der Waals surface area (Å²) < 4.78 is 0. The van der Waals surface area contributed by atoms with Crippen molar-refractivity contribution in [3.8, 4) is 0 Å². The molecule has 0 rings (SSSR count). The molecule has 0 saturated carbocycles. The molecule has 0 atom stereocenters. The van der Waals surface area contributed by atoms with Gasteiger partial charge in [-0.3, -0.25) is 4.91 Å². The third-order valence-corrected chi connectivity index (χ3v) is 0. The minimum Gasteiger partial charge on any atom is -0.373 e. The van der Waals surface area contributed by atoms with E-state index in [0.717, 1.165) is 0 Å². The van der Waals surface area contributed by atoms with Gasteiger partial charge >= 0.3 is 58.2 Å². The molecule has 4 heavy (non-hydrogen) atoms. The molecule has 0 aromatic heterocycles. The van der Waals surface area contributed by atoms with Gasteiger partial charge in [-0.15, -0.1) is 0 Å². The molecular weight excluding hydrogens is 127 g/mol. The summed E-state index contributed by atoms with van der Waals surface area (Å²) in [6.45, 7) is 0. The Morgan fingerprint density at radius 3 is 1.25 bits per heavy atom. The van der Waals surface area contributed by atoms with Crippen molar-refractivity contribution in [3.63, 3.8) is 0 Å². The van der Waals surface area contributed by atoms with Gasteiger partial charge in [0.05, 0.1) is 0 Å². The third-order valence-electron chi connectivity index (χ3n) is 0. The van der Waals surface area contributed by atoms with E-state index in [2.05, 4.69) is 0 Å². The molecule has 16 valence electrons. The number of rotatable bonds is 0. The van der Waals surface area contributed by atoms with E-state index < -0.39 is 0 Å². The summed E-state index contributed by atoms with van der Waals surface area (Å²) in [7, 11) is 0. The fourth-order valence-corrected chi connectivity index (χ4v) is 0. The van der Waals surface area contributed by atoms with Gasteiger partial charge in [0.1, 0.15) is 0 Å². The van der Waals surface area contributed by atoms with Gasteiger partial charge in [0.2, 0.25) is 0 Å². The van der Waals surface area contributed by atoms with Crippen molar-refractivity contribution in [2.24, 2.45) is 0 Å². The molecule has 0 heterocycles. The van der Waals surface area contributed by atoms with Gasteiger partial charge in [0.25, 0.3) is 0 Å². The Bertz CT molecular complexity index is 24.3. The van der Waals surface area contributed by atoms with E-state index in [4.69, 9.17) is 11.1 Å². The van der Waals surface area contributed by atoms with E-state index in [0.29, 0.717) is 0 Å². The van der Waals surface area contributed by atoms with Crippen LogP contribution in [0.15, 0.2) is 0 Å². The zero-order valence-electron chi connectivity index (χ0n) is 2.34. The smallest absolute Gasteiger partial charge is 0.373 e. The average molecular weight is 127 g/mol. The van der Waals surface area contributed by atoms with Crippen LogP contribution in [0.25, 0.3) is 16.0 Å². The van der Waals surface area contributed by atoms with Crippen LogP contribution >= 0.6 is 0 Å². The molecule has 0 aromatic carbocycles. The molecular formula is N3Rb. The molecule has 0 aliphatic carbocycles. The molecule has 0 unspecified atom stereocenters. The zero-order valence-corrected chi connectivity index (χ0v) is 7.26. The molecule has 0 amide bonds. The summed E-state index contributed by atoms with van der Waals surface area (Å²) in [6, 6.07) is 0. The van der Waals surface area contributed by atoms with Crippen LogP contribution in [0.5, 0.6) is 0 Å². The van der Waals surface area contributed by atoms with Crippen molar-refractivity contribution in [2.75, 3.05) is 0 Å². The summed E-state index contributed by atoms with van der Waals surface area (Å²) in [5.41, 5.74) is 13.5. The van der Waals surface area contributed by atoms with Gasteiger partial charge in [0, 0.05) is 0 Å². The largest absolute Gasteiger partial charge is 1.00 e. The van der Waals surface area contributed by atoms with Crippen molar-refractivity contribution in [1.29, 1.82) is 0 Å². The van der Waals surface area contributed by atoms with Crippen LogP contribution in [0.4, 0.5) is 0 Å². The maximum Gasteiger partial charge on any atom is 1.00 e. The first kappa shape index (κ1) is 8.93. The normalized spacial score (nSPS) is 2.00. The summed E-state index contributed by atoms with van der Waals surface area (Å²) in [5.74, 6) is 0. The Kier molecular flexibility index (Phi) is 19.9. The predicted octanol–water partition coefficient (Wildman–Crippen LogP) is -2.13. The molecule has 0 spiro atoms. The van der Waals surface area contributed by atoms with E-state index in [9.17, 15) is 0 Å². The maximum absolute atomic E-state index is 6.75. The first-order valence-corrected chi connectivity index (χ1v) is 0.400. The van der Waals surface area contributed by atoms with Gasteiger partial charge in [-0.25, -0.2) is 0 Å². The second-order valence-corrected chi connectivity index (χ2v) is 0.0894. The Hall–Kier alpha value is 1.12. The van der Waals surface area contributed by atoms with Crippen molar-refractivity contribution in [1.82, 2.24) is 0 Å². The van der Waals surface area contributed by atoms with Gasteiger partial charge in [-0.05, 0) is 0 Å². The topological polar surface area (TPSA) is 58.7 Å². The summed E-state index contributed by atoms with van der Waals surface area (Å²) in [4.78, 5) is 1.50. The van der Waals surface area contributed by atoms with Crippen LogP contribution in [-0.2, 0) is 0 Å². The second kappa shape index (κ2) is 8.93. The van der Waals surface area contributed by atoms with E-state index >= 15 is 0 Å². The van der Waals surface area contributed by atoms with Crippen LogP contribution in [0.3, 0.4) is 0 Å². The number of nitrogens with zero attached hydrogens (tertiary/aromatic N) is 3. The van der Waals surface area contributed by atoms with E-state index in [1.54, 1.807) is 0 Å². The SMILES string of the molecule is [N-]=[N+]=[N-].[Rb+]. The molecule has 4 heteroatoms. The standard InChI is InChI=1S/N3.Rb/c1-3-2;/q-1;+1. The minimum atomic E-state index is 0. The molecule has 0 fully saturated rings. The number of hydrogen-bond donors (Lipinski definition) is 0. The monoisotopic (exact) mass is 127 g/mol. The molecule has 0 aliphatic heterocycles. The number of hydrogen-bond acceptors (Lipinski definition) is 0. The molecule has 0 saturated heterocycles. The van der Waals surface area contributed by atoms with Crippen LogP contribution < -0.4 is 58.2 Å². The Morgan fingerprint density at radius 2 is 1.25 bits per heavy atom. The maximum atomic E-state index is 6.75. The molecule has 0 N–H and O–H groups in total. The van der Waals surface area contributed by atoms with Gasteiger partial charge in [0.15, 0.2) is 0 Å². The first-order valence-electron chi connectivity index (χ1n) is 0.400. The van der Waals surface area contributed by atoms with E-state index in [-0.39, 0.29) is 58.2 Å². The van der Waals surface area contributed by atoms with Crippen LogP contribution in [-0.4, -0.2) is 0 Å². The second-order valence-electron chi connectivity index (χ2n) is 0.0894. The fraction of sp³-hybridized carbons (Fsp3) is 0. The molecule has 0 aliphatic rings. The van der Waals surface area contributed by atoms with Crippen molar-refractivity contribution in [3.05, 3.63) is 16.0 Å².